The van der Waals surface area contributed by atoms with Gasteiger partial charge in [0.25, 0.3) is 11.8 Å². The zero-order valence-electron chi connectivity index (χ0n) is 10.3. The first-order valence-corrected chi connectivity index (χ1v) is 6.03. The van der Waals surface area contributed by atoms with E-state index < -0.39 is 0 Å². The summed E-state index contributed by atoms with van der Waals surface area (Å²) in [5.41, 5.74) is 2.80. The van der Waals surface area contributed by atoms with E-state index in [-0.39, 0.29) is 11.8 Å². The van der Waals surface area contributed by atoms with E-state index in [2.05, 4.69) is 6.92 Å². The zero-order chi connectivity index (χ0) is 13.4. The highest BCUT2D eigenvalue weighted by molar-refractivity contribution is 6.21. The highest BCUT2D eigenvalue weighted by Gasteiger charge is 2.34. The second kappa shape index (κ2) is 4.35. The first kappa shape index (κ1) is 11.7. The lowest BCUT2D eigenvalue weighted by molar-refractivity contribution is 0.0642. The molecule has 3 nitrogen and oxygen atoms in total. The van der Waals surface area contributed by atoms with E-state index in [9.17, 15) is 9.59 Å². The van der Waals surface area contributed by atoms with E-state index in [0.717, 1.165) is 11.1 Å². The Morgan fingerprint density at radius 3 is 1.89 bits per heavy atom. The number of rotatable bonds is 2. The molecule has 0 saturated heterocycles. The highest BCUT2D eigenvalue weighted by Crippen LogP contribution is 2.24. The van der Waals surface area contributed by atoms with Gasteiger partial charge in [0.15, 0.2) is 0 Å². The zero-order valence-corrected chi connectivity index (χ0v) is 10.3. The summed E-state index contributed by atoms with van der Waals surface area (Å²) in [5.74, 6) is -0.446. The van der Waals surface area contributed by atoms with Crippen LogP contribution in [0, 0.1) is 6.92 Å². The van der Waals surface area contributed by atoms with Gasteiger partial charge in [-0.1, -0.05) is 36.4 Å². The van der Waals surface area contributed by atoms with Crippen molar-refractivity contribution in [2.45, 2.75) is 6.54 Å². The summed E-state index contributed by atoms with van der Waals surface area (Å²) in [6, 6.07) is 14.4. The van der Waals surface area contributed by atoms with Crippen molar-refractivity contribution in [2.24, 2.45) is 0 Å². The van der Waals surface area contributed by atoms with Crippen LogP contribution in [0.2, 0.25) is 0 Å². The van der Waals surface area contributed by atoms with Crippen LogP contribution in [0.3, 0.4) is 0 Å². The van der Waals surface area contributed by atoms with Crippen LogP contribution in [0.1, 0.15) is 31.8 Å². The predicted molar refractivity (Wildman–Crippen MR) is 71.5 cm³/mol. The molecule has 0 bridgehead atoms. The Hall–Kier alpha value is -2.42. The van der Waals surface area contributed by atoms with Crippen molar-refractivity contribution in [1.82, 2.24) is 4.90 Å². The number of hydrogen-bond acceptors (Lipinski definition) is 2. The van der Waals surface area contributed by atoms with Gasteiger partial charge in [-0.3, -0.25) is 14.5 Å². The molecule has 2 aromatic carbocycles. The molecule has 0 unspecified atom stereocenters. The molecule has 0 aromatic heterocycles. The molecule has 0 aliphatic carbocycles. The lowest BCUT2D eigenvalue weighted by atomic mass is 10.1. The third kappa shape index (κ3) is 1.93. The van der Waals surface area contributed by atoms with Crippen LogP contribution in [-0.2, 0) is 6.54 Å². The summed E-state index contributed by atoms with van der Waals surface area (Å²) in [5, 5.41) is 0. The van der Waals surface area contributed by atoms with E-state index in [1.54, 1.807) is 24.3 Å². The van der Waals surface area contributed by atoms with Crippen molar-refractivity contribution in [3.63, 3.8) is 0 Å². The Kier molecular flexibility index (Phi) is 2.67. The third-order valence-electron chi connectivity index (χ3n) is 3.24. The van der Waals surface area contributed by atoms with Crippen molar-refractivity contribution >= 4 is 11.8 Å². The summed E-state index contributed by atoms with van der Waals surface area (Å²) in [7, 11) is 0. The highest BCUT2D eigenvalue weighted by atomic mass is 16.2. The van der Waals surface area contributed by atoms with Gasteiger partial charge in [0.2, 0.25) is 0 Å². The summed E-state index contributed by atoms with van der Waals surface area (Å²) in [6.07, 6.45) is 0. The van der Waals surface area contributed by atoms with Gasteiger partial charge >= 0.3 is 0 Å². The van der Waals surface area contributed by atoms with Gasteiger partial charge in [0, 0.05) is 0 Å². The number of carbonyl (C=O) groups excluding carboxylic acids is 2. The van der Waals surface area contributed by atoms with Crippen LogP contribution >= 0.6 is 0 Å². The fraction of sp³-hybridized carbons (Fsp3) is 0.0625. The minimum absolute atomic E-state index is 0.223. The average Bonchev–Trinajstić information content (AvgIpc) is 2.67. The van der Waals surface area contributed by atoms with E-state index in [0.29, 0.717) is 17.7 Å². The Balaban J connectivity index is 1.90. The molecule has 2 aromatic rings. The van der Waals surface area contributed by atoms with E-state index in [4.69, 9.17) is 0 Å². The molecule has 3 heteroatoms. The molecule has 2 amide bonds. The van der Waals surface area contributed by atoms with Crippen molar-refractivity contribution in [2.75, 3.05) is 0 Å². The van der Waals surface area contributed by atoms with E-state index >= 15 is 0 Å². The lowest BCUT2D eigenvalue weighted by Crippen LogP contribution is -2.29. The number of imide groups is 1. The van der Waals surface area contributed by atoms with Crippen molar-refractivity contribution in [3.05, 3.63) is 77.7 Å². The quantitative estimate of drug-likeness (QED) is 0.768. The molecule has 0 spiro atoms. The molecule has 93 valence electrons. The van der Waals surface area contributed by atoms with Crippen molar-refractivity contribution < 1.29 is 9.59 Å². The van der Waals surface area contributed by atoms with Crippen molar-refractivity contribution in [3.8, 4) is 0 Å². The van der Waals surface area contributed by atoms with Crippen LogP contribution < -0.4 is 0 Å². The lowest BCUT2D eigenvalue weighted by Gasteiger charge is -2.13. The number of amides is 2. The third-order valence-corrected chi connectivity index (χ3v) is 3.24. The molecule has 0 fully saturated rings. The van der Waals surface area contributed by atoms with Gasteiger partial charge < -0.3 is 0 Å². The predicted octanol–water partition coefficient (Wildman–Crippen LogP) is 2.66. The Bertz CT molecular complexity index is 624. The number of benzene rings is 2. The molecule has 1 heterocycles. The smallest absolute Gasteiger partial charge is 0.261 e. The molecule has 1 radical (unpaired) electrons. The topological polar surface area (TPSA) is 37.4 Å². The second-order valence-electron chi connectivity index (χ2n) is 4.56. The summed E-state index contributed by atoms with van der Waals surface area (Å²) >= 11 is 0. The molecular weight excluding hydrogens is 238 g/mol. The molecule has 1 aliphatic rings. The average molecular weight is 250 g/mol. The molecule has 0 saturated carbocycles. The van der Waals surface area contributed by atoms with E-state index in [1.165, 1.54) is 4.90 Å². The molecule has 3 rings (SSSR count). The Morgan fingerprint density at radius 2 is 1.37 bits per heavy atom. The van der Waals surface area contributed by atoms with Crippen LogP contribution in [0.5, 0.6) is 0 Å². The molecular formula is C16H12NO2. The SMILES string of the molecule is [CH2]c1ccc(CN2C(=O)c3ccccc3C2=O)cc1. The molecule has 1 aliphatic heterocycles. The minimum Gasteiger partial charge on any atom is -0.270 e. The summed E-state index contributed by atoms with van der Waals surface area (Å²) in [6.45, 7) is 4.11. The van der Waals surface area contributed by atoms with Gasteiger partial charge in [0.05, 0.1) is 17.7 Å². The van der Waals surface area contributed by atoms with Crippen LogP contribution in [0.4, 0.5) is 0 Å². The number of nitrogens with zero attached hydrogens (tertiary/aromatic N) is 1. The van der Waals surface area contributed by atoms with Crippen LogP contribution in [0.15, 0.2) is 48.5 Å². The first-order valence-electron chi connectivity index (χ1n) is 6.03. The maximum Gasteiger partial charge on any atom is 0.261 e. The molecule has 0 N–H and O–H groups in total. The minimum atomic E-state index is -0.223. The van der Waals surface area contributed by atoms with Crippen molar-refractivity contribution in [1.29, 1.82) is 0 Å². The number of fused-ring (bicyclic) bond motifs is 1. The fourth-order valence-electron chi connectivity index (χ4n) is 2.21. The maximum atomic E-state index is 12.2. The summed E-state index contributed by atoms with van der Waals surface area (Å²) in [4.78, 5) is 25.6. The standard InChI is InChI=1S/C16H12NO2/c1-11-6-8-12(9-7-11)10-17-15(18)13-4-2-3-5-14(13)16(17)19/h2-9H,1,10H2. The fourth-order valence-corrected chi connectivity index (χ4v) is 2.21. The van der Waals surface area contributed by atoms with Gasteiger partial charge in [-0.25, -0.2) is 0 Å². The normalized spacial score (nSPS) is 13.8. The monoisotopic (exact) mass is 250 g/mol. The molecule has 0 atom stereocenters. The largest absolute Gasteiger partial charge is 0.270 e. The molecule has 19 heavy (non-hydrogen) atoms. The first-order chi connectivity index (χ1) is 9.16. The maximum absolute atomic E-state index is 12.2. The van der Waals surface area contributed by atoms with Gasteiger partial charge in [-0.2, -0.15) is 0 Å². The Labute approximate surface area is 111 Å². The second-order valence-corrected chi connectivity index (χ2v) is 4.56. The Morgan fingerprint density at radius 1 is 0.842 bits per heavy atom. The van der Waals surface area contributed by atoms with E-state index in [1.807, 2.05) is 24.3 Å². The number of hydrogen-bond donors (Lipinski definition) is 0. The van der Waals surface area contributed by atoms with Gasteiger partial charge in [-0.05, 0) is 30.2 Å². The van der Waals surface area contributed by atoms with Gasteiger partial charge in [0.1, 0.15) is 0 Å². The van der Waals surface area contributed by atoms with Crippen LogP contribution in [0.25, 0.3) is 0 Å². The number of carbonyl (C=O) groups is 2. The van der Waals surface area contributed by atoms with Crippen LogP contribution in [-0.4, -0.2) is 16.7 Å². The van der Waals surface area contributed by atoms with Gasteiger partial charge in [-0.15, -0.1) is 0 Å². The summed E-state index contributed by atoms with van der Waals surface area (Å²) < 4.78 is 0.